The zero-order valence-corrected chi connectivity index (χ0v) is 12.1. The van der Waals surface area contributed by atoms with Crippen molar-refractivity contribution < 1.29 is 18.0 Å². The molecule has 7 heteroatoms. The van der Waals surface area contributed by atoms with Gasteiger partial charge in [-0.15, -0.1) is 0 Å². The van der Waals surface area contributed by atoms with Crippen LogP contribution in [-0.4, -0.2) is 11.9 Å². The minimum Gasteiger partial charge on any atom is -0.323 e. The Kier molecular flexibility index (Phi) is 4.71. The van der Waals surface area contributed by atoms with Crippen molar-refractivity contribution in [2.24, 2.45) is 11.1 Å². The Hall–Kier alpha value is -1.27. The average molecular weight is 309 g/mol. The maximum absolute atomic E-state index is 12.5. The summed E-state index contributed by atoms with van der Waals surface area (Å²) in [6, 6.07) is 1.92. The summed E-state index contributed by atoms with van der Waals surface area (Å²) in [4.78, 5) is 11.9. The van der Waals surface area contributed by atoms with Crippen LogP contribution in [0.4, 0.5) is 18.9 Å². The van der Waals surface area contributed by atoms with E-state index in [1.54, 1.807) is 20.8 Å². The standard InChI is InChI=1S/C13H16ClF3N2O/c1-12(2,3)10(18)11(20)19-9-5-4-7(6-8(9)14)13(15,16)17/h4-6,10H,18H2,1-3H3,(H,19,20). The van der Waals surface area contributed by atoms with Gasteiger partial charge in [-0.25, -0.2) is 0 Å². The fourth-order valence-electron chi connectivity index (χ4n) is 1.40. The van der Waals surface area contributed by atoms with Crippen molar-refractivity contribution in [2.45, 2.75) is 33.0 Å². The van der Waals surface area contributed by atoms with Crippen molar-refractivity contribution >= 4 is 23.2 Å². The highest BCUT2D eigenvalue weighted by molar-refractivity contribution is 6.33. The van der Waals surface area contributed by atoms with Gasteiger partial charge in [0.1, 0.15) is 0 Å². The summed E-state index contributed by atoms with van der Waals surface area (Å²) in [7, 11) is 0. The molecule has 112 valence electrons. The fraction of sp³-hybridized carbons (Fsp3) is 0.462. The molecule has 20 heavy (non-hydrogen) atoms. The van der Waals surface area contributed by atoms with Crippen molar-refractivity contribution in [2.75, 3.05) is 5.32 Å². The van der Waals surface area contributed by atoms with Gasteiger partial charge >= 0.3 is 6.18 Å². The van der Waals surface area contributed by atoms with E-state index in [1.165, 1.54) is 0 Å². The predicted octanol–water partition coefficient (Wildman–Crippen LogP) is 3.67. The third-order valence-electron chi connectivity index (χ3n) is 2.77. The fourth-order valence-corrected chi connectivity index (χ4v) is 1.62. The van der Waals surface area contributed by atoms with E-state index in [2.05, 4.69) is 5.32 Å². The van der Waals surface area contributed by atoms with Crippen LogP contribution in [0, 0.1) is 5.41 Å². The van der Waals surface area contributed by atoms with E-state index in [-0.39, 0.29) is 10.7 Å². The molecule has 0 aliphatic carbocycles. The van der Waals surface area contributed by atoms with Gasteiger partial charge in [0.15, 0.2) is 0 Å². The summed E-state index contributed by atoms with van der Waals surface area (Å²) in [6.07, 6.45) is -4.48. The van der Waals surface area contributed by atoms with Gasteiger partial charge in [-0.3, -0.25) is 4.79 Å². The van der Waals surface area contributed by atoms with Gasteiger partial charge in [0.25, 0.3) is 0 Å². The second-order valence-electron chi connectivity index (χ2n) is 5.53. The molecule has 1 aromatic rings. The Morgan fingerprint density at radius 3 is 2.25 bits per heavy atom. The van der Waals surface area contributed by atoms with Crippen molar-refractivity contribution in [3.05, 3.63) is 28.8 Å². The van der Waals surface area contributed by atoms with Crippen LogP contribution in [0.2, 0.25) is 5.02 Å². The first-order valence-electron chi connectivity index (χ1n) is 5.86. The molecule has 1 rings (SSSR count). The van der Waals surface area contributed by atoms with Gasteiger partial charge in [-0.1, -0.05) is 32.4 Å². The van der Waals surface area contributed by atoms with Gasteiger partial charge in [0.2, 0.25) is 5.91 Å². The third kappa shape index (κ3) is 4.11. The minimum absolute atomic E-state index is 0.101. The van der Waals surface area contributed by atoms with Gasteiger partial charge in [0.05, 0.1) is 22.3 Å². The Morgan fingerprint density at radius 1 is 1.30 bits per heavy atom. The summed E-state index contributed by atoms with van der Waals surface area (Å²) in [5.74, 6) is -0.501. The predicted molar refractivity (Wildman–Crippen MR) is 72.5 cm³/mol. The number of benzene rings is 1. The molecule has 0 radical (unpaired) electrons. The molecule has 1 unspecified atom stereocenters. The van der Waals surface area contributed by atoms with E-state index in [0.717, 1.165) is 18.2 Å². The van der Waals surface area contributed by atoms with E-state index >= 15 is 0 Å². The molecule has 0 saturated carbocycles. The van der Waals surface area contributed by atoms with Crippen LogP contribution < -0.4 is 11.1 Å². The third-order valence-corrected chi connectivity index (χ3v) is 3.08. The average Bonchev–Trinajstić information content (AvgIpc) is 2.28. The first-order valence-corrected chi connectivity index (χ1v) is 6.24. The molecule has 0 aliphatic rings. The SMILES string of the molecule is CC(C)(C)C(N)C(=O)Nc1ccc(C(F)(F)F)cc1Cl. The Morgan fingerprint density at radius 2 is 1.85 bits per heavy atom. The molecule has 0 aromatic heterocycles. The van der Waals surface area contributed by atoms with E-state index in [4.69, 9.17) is 17.3 Å². The molecular formula is C13H16ClF3N2O. The maximum Gasteiger partial charge on any atom is 0.416 e. The van der Waals surface area contributed by atoms with Gasteiger partial charge < -0.3 is 11.1 Å². The normalized spacial score (nSPS) is 14.0. The summed E-state index contributed by atoms with van der Waals surface area (Å²) >= 11 is 5.74. The largest absolute Gasteiger partial charge is 0.416 e. The van der Waals surface area contributed by atoms with Gasteiger partial charge in [0, 0.05) is 0 Å². The maximum atomic E-state index is 12.5. The first kappa shape index (κ1) is 16.8. The van der Waals surface area contributed by atoms with E-state index in [0.29, 0.717) is 0 Å². The highest BCUT2D eigenvalue weighted by Gasteiger charge is 2.31. The molecule has 3 nitrogen and oxygen atoms in total. The quantitative estimate of drug-likeness (QED) is 0.876. The van der Waals surface area contributed by atoms with Gasteiger partial charge in [-0.2, -0.15) is 13.2 Å². The second kappa shape index (κ2) is 5.61. The monoisotopic (exact) mass is 308 g/mol. The van der Waals surface area contributed by atoms with E-state index < -0.39 is 29.1 Å². The zero-order chi connectivity index (χ0) is 15.7. The Bertz CT molecular complexity index is 509. The lowest BCUT2D eigenvalue weighted by molar-refractivity contribution is -0.137. The van der Waals surface area contributed by atoms with E-state index in [9.17, 15) is 18.0 Å². The number of hydrogen-bond donors (Lipinski definition) is 2. The number of amides is 1. The molecule has 0 spiro atoms. The molecule has 0 heterocycles. The number of carbonyl (C=O) groups is 1. The summed E-state index contributed by atoms with van der Waals surface area (Å²) in [6.45, 7) is 5.35. The zero-order valence-electron chi connectivity index (χ0n) is 11.3. The Labute approximate surface area is 120 Å². The minimum atomic E-state index is -4.48. The molecule has 0 fully saturated rings. The van der Waals surface area contributed by atoms with Crippen molar-refractivity contribution in [1.29, 1.82) is 0 Å². The molecule has 1 atom stereocenters. The highest BCUT2D eigenvalue weighted by atomic mass is 35.5. The van der Waals surface area contributed by atoms with Crippen molar-refractivity contribution in [3.63, 3.8) is 0 Å². The number of halogens is 4. The highest BCUT2D eigenvalue weighted by Crippen LogP contribution is 2.34. The van der Waals surface area contributed by atoms with Crippen LogP contribution in [0.5, 0.6) is 0 Å². The molecule has 0 bridgehead atoms. The molecule has 1 aromatic carbocycles. The van der Waals surface area contributed by atoms with Crippen LogP contribution in [0.25, 0.3) is 0 Å². The summed E-state index contributed by atoms with van der Waals surface area (Å²) in [5.41, 5.74) is 4.51. The first-order chi connectivity index (χ1) is 8.93. The lowest BCUT2D eigenvalue weighted by Crippen LogP contribution is -2.45. The number of rotatable bonds is 2. The number of alkyl halides is 3. The molecule has 1 amide bonds. The lowest BCUT2D eigenvalue weighted by Gasteiger charge is -2.26. The molecule has 0 aliphatic heterocycles. The van der Waals surface area contributed by atoms with Crippen LogP contribution in [0.3, 0.4) is 0 Å². The second-order valence-corrected chi connectivity index (χ2v) is 5.93. The van der Waals surface area contributed by atoms with Crippen LogP contribution in [0.1, 0.15) is 26.3 Å². The number of anilines is 1. The summed E-state index contributed by atoms with van der Waals surface area (Å²) in [5, 5.41) is 2.25. The number of hydrogen-bond acceptors (Lipinski definition) is 2. The van der Waals surface area contributed by atoms with E-state index in [1.807, 2.05) is 0 Å². The molecular weight excluding hydrogens is 293 g/mol. The summed E-state index contributed by atoms with van der Waals surface area (Å²) < 4.78 is 37.4. The van der Waals surface area contributed by atoms with Crippen LogP contribution in [0.15, 0.2) is 18.2 Å². The molecule has 3 N–H and O–H groups in total. The Balaban J connectivity index is 2.93. The number of nitrogens with two attached hydrogens (primary N) is 1. The van der Waals surface area contributed by atoms with Crippen LogP contribution >= 0.6 is 11.6 Å². The topological polar surface area (TPSA) is 55.1 Å². The van der Waals surface area contributed by atoms with Gasteiger partial charge in [-0.05, 0) is 23.6 Å². The number of carbonyl (C=O) groups excluding carboxylic acids is 1. The van der Waals surface area contributed by atoms with Crippen molar-refractivity contribution in [1.82, 2.24) is 0 Å². The van der Waals surface area contributed by atoms with Crippen molar-refractivity contribution in [3.8, 4) is 0 Å². The number of nitrogens with one attached hydrogen (secondary N) is 1. The van der Waals surface area contributed by atoms with Crippen LogP contribution in [-0.2, 0) is 11.0 Å². The molecule has 0 saturated heterocycles. The smallest absolute Gasteiger partial charge is 0.323 e. The lowest BCUT2D eigenvalue weighted by atomic mass is 9.87.